The van der Waals surface area contributed by atoms with Gasteiger partial charge < -0.3 is 4.74 Å². The van der Waals surface area contributed by atoms with Crippen LogP contribution in [0.2, 0.25) is 0 Å². The van der Waals surface area contributed by atoms with E-state index in [0.29, 0.717) is 13.2 Å². The van der Waals surface area contributed by atoms with Crippen LogP contribution >= 0.6 is 11.3 Å². The van der Waals surface area contributed by atoms with Gasteiger partial charge in [-0.1, -0.05) is 42.8 Å². The summed E-state index contributed by atoms with van der Waals surface area (Å²) >= 11 is 1.75. The number of aryl methyl sites for hydroxylation is 1. The van der Waals surface area contributed by atoms with Gasteiger partial charge in [-0.25, -0.2) is 9.37 Å². The van der Waals surface area contributed by atoms with Crippen LogP contribution in [0, 0.1) is 11.2 Å². The van der Waals surface area contributed by atoms with E-state index in [1.54, 1.807) is 23.5 Å². The van der Waals surface area contributed by atoms with Crippen LogP contribution in [-0.4, -0.2) is 47.6 Å². The molecule has 1 spiro atoms. The molecule has 0 unspecified atom stereocenters. The summed E-state index contributed by atoms with van der Waals surface area (Å²) in [6, 6.07) is 15.7. The third kappa shape index (κ3) is 6.49. The topological polar surface area (TPSA) is 28.6 Å². The summed E-state index contributed by atoms with van der Waals surface area (Å²) in [5.74, 6) is 0.890. The number of rotatable bonds is 4. The lowest BCUT2D eigenvalue weighted by Crippen LogP contribution is -2.47. The Morgan fingerprint density at radius 1 is 0.914 bits per heavy atom. The van der Waals surface area contributed by atoms with Crippen molar-refractivity contribution in [1.29, 1.82) is 0 Å². The molecular weight excluding hydrogens is 457 g/mol. The molecule has 35 heavy (non-hydrogen) atoms. The van der Waals surface area contributed by atoms with Gasteiger partial charge in [0.15, 0.2) is 0 Å². The summed E-state index contributed by atoms with van der Waals surface area (Å²) in [7, 11) is 0. The lowest BCUT2D eigenvalue weighted by molar-refractivity contribution is 0.0406. The second kappa shape index (κ2) is 11.6. The first-order valence-corrected chi connectivity index (χ1v) is 13.8. The van der Waals surface area contributed by atoms with Crippen LogP contribution in [0.3, 0.4) is 0 Å². The molecule has 2 aliphatic rings. The molecule has 2 aliphatic heterocycles. The number of ether oxygens (including phenoxy) is 1. The van der Waals surface area contributed by atoms with E-state index in [0.717, 1.165) is 50.5 Å². The Labute approximate surface area is 212 Å². The highest BCUT2D eigenvalue weighted by Crippen LogP contribution is 2.39. The number of nitrogens with zero attached hydrogens (tertiary/aromatic N) is 3. The molecule has 0 amide bonds. The first kappa shape index (κ1) is 24.4. The Bertz CT molecular complexity index is 1070. The number of hydrogen-bond donors (Lipinski definition) is 0. The number of halogens is 1. The molecule has 4 nitrogen and oxygen atoms in total. The predicted molar refractivity (Wildman–Crippen MR) is 140 cm³/mol. The molecule has 0 aliphatic carbocycles. The molecule has 0 radical (unpaired) electrons. The lowest BCUT2D eigenvalue weighted by atomic mass is 9.73. The summed E-state index contributed by atoms with van der Waals surface area (Å²) in [5.41, 5.74) is 2.35. The lowest BCUT2D eigenvalue weighted by Gasteiger charge is -2.45. The van der Waals surface area contributed by atoms with Gasteiger partial charge in [-0.05, 0) is 68.3 Å². The summed E-state index contributed by atoms with van der Waals surface area (Å²) in [4.78, 5) is 9.49. The average Bonchev–Trinajstić information content (AvgIpc) is 3.38. The molecule has 186 valence electrons. The molecule has 0 N–H and O–H groups in total. The molecule has 3 aromatic rings. The highest BCUT2D eigenvalue weighted by molar-refractivity contribution is 7.09. The Hall–Kier alpha value is -2.28. The minimum atomic E-state index is -0.114. The van der Waals surface area contributed by atoms with Crippen molar-refractivity contribution >= 4 is 11.3 Å². The standard InChI is InChI=1S/C29H36FN3OS/c30-26-10-3-1-9-25(26)21-33-18-19-34-27-11-4-2-7-24(27)8-5-6-12-29(23-33)13-16-32(17-14-29)22-28-31-15-20-35-28/h1-4,7,9-11,15,20H,5-6,8,12-14,16-19,21-23H2. The van der Waals surface area contributed by atoms with Crippen LogP contribution in [0.4, 0.5) is 4.39 Å². The van der Waals surface area contributed by atoms with Crippen LogP contribution in [0.5, 0.6) is 5.75 Å². The van der Waals surface area contributed by atoms with Crippen LogP contribution in [0.25, 0.3) is 0 Å². The maximum atomic E-state index is 14.6. The number of aromatic nitrogens is 1. The molecule has 0 bridgehead atoms. The zero-order valence-electron chi connectivity index (χ0n) is 20.5. The number of fused-ring (bicyclic) bond motifs is 1. The van der Waals surface area contributed by atoms with Crippen molar-refractivity contribution in [3.05, 3.63) is 82.1 Å². The van der Waals surface area contributed by atoms with Crippen molar-refractivity contribution in [2.75, 3.05) is 32.8 Å². The van der Waals surface area contributed by atoms with Crippen LogP contribution < -0.4 is 4.74 Å². The van der Waals surface area contributed by atoms with E-state index in [9.17, 15) is 4.39 Å². The monoisotopic (exact) mass is 493 g/mol. The van der Waals surface area contributed by atoms with Crippen molar-refractivity contribution in [2.45, 2.75) is 51.6 Å². The summed E-state index contributed by atoms with van der Waals surface area (Å²) < 4.78 is 20.8. The van der Waals surface area contributed by atoms with E-state index in [1.807, 2.05) is 18.3 Å². The number of hydrogen-bond acceptors (Lipinski definition) is 5. The molecule has 5 rings (SSSR count). The third-order valence-electron chi connectivity index (χ3n) is 7.71. The molecule has 1 saturated heterocycles. The molecule has 1 fully saturated rings. The highest BCUT2D eigenvalue weighted by Gasteiger charge is 2.36. The van der Waals surface area contributed by atoms with Gasteiger partial charge >= 0.3 is 0 Å². The fourth-order valence-corrected chi connectivity index (χ4v) is 6.36. The molecule has 3 heterocycles. The molecule has 6 heteroatoms. The number of likely N-dealkylation sites (tertiary alicyclic amines) is 1. The number of para-hydroxylation sites is 1. The largest absolute Gasteiger partial charge is 0.492 e. The minimum Gasteiger partial charge on any atom is -0.492 e. The molecular formula is C29H36FN3OS. The van der Waals surface area contributed by atoms with E-state index in [2.05, 4.69) is 44.4 Å². The van der Waals surface area contributed by atoms with Gasteiger partial charge in [0.1, 0.15) is 23.2 Å². The summed E-state index contributed by atoms with van der Waals surface area (Å²) in [6.07, 6.45) is 8.97. The Balaban J connectivity index is 1.33. The molecule has 0 atom stereocenters. The van der Waals surface area contributed by atoms with E-state index < -0.39 is 0 Å². The van der Waals surface area contributed by atoms with Gasteiger partial charge in [-0.15, -0.1) is 11.3 Å². The first-order valence-electron chi connectivity index (χ1n) is 13.0. The van der Waals surface area contributed by atoms with Gasteiger partial charge in [0.05, 0.1) is 6.54 Å². The maximum Gasteiger partial charge on any atom is 0.127 e. The van der Waals surface area contributed by atoms with Crippen LogP contribution in [0.1, 0.15) is 48.2 Å². The van der Waals surface area contributed by atoms with E-state index >= 15 is 0 Å². The minimum absolute atomic E-state index is 0.114. The van der Waals surface area contributed by atoms with Crippen molar-refractivity contribution in [2.24, 2.45) is 5.41 Å². The number of thiazole rings is 1. The Kier molecular flexibility index (Phi) is 8.12. The van der Waals surface area contributed by atoms with Gasteiger partial charge in [-0.2, -0.15) is 0 Å². The second-order valence-corrected chi connectivity index (χ2v) is 11.1. The summed E-state index contributed by atoms with van der Waals surface area (Å²) in [5, 5.41) is 3.27. The van der Waals surface area contributed by atoms with Crippen molar-refractivity contribution in [3.8, 4) is 5.75 Å². The second-order valence-electron chi connectivity index (χ2n) is 10.2. The van der Waals surface area contributed by atoms with E-state index in [-0.39, 0.29) is 11.2 Å². The number of benzene rings is 2. The SMILES string of the molecule is Fc1ccccc1CN1CCOc2ccccc2CCCCC2(CCN(Cc3nccs3)CC2)C1. The zero-order chi connectivity index (χ0) is 23.9. The smallest absolute Gasteiger partial charge is 0.127 e. The summed E-state index contributed by atoms with van der Waals surface area (Å²) in [6.45, 7) is 6.21. The third-order valence-corrected chi connectivity index (χ3v) is 8.48. The number of piperidine rings is 1. The Morgan fingerprint density at radius 3 is 2.57 bits per heavy atom. The van der Waals surface area contributed by atoms with Crippen LogP contribution in [0.15, 0.2) is 60.1 Å². The average molecular weight is 494 g/mol. The fraction of sp³-hybridized carbons (Fsp3) is 0.483. The van der Waals surface area contributed by atoms with Gasteiger partial charge in [-0.3, -0.25) is 9.80 Å². The van der Waals surface area contributed by atoms with Crippen molar-refractivity contribution in [1.82, 2.24) is 14.8 Å². The quantitative estimate of drug-likeness (QED) is 0.434. The highest BCUT2D eigenvalue weighted by atomic mass is 32.1. The van der Waals surface area contributed by atoms with Crippen molar-refractivity contribution in [3.63, 3.8) is 0 Å². The van der Waals surface area contributed by atoms with Crippen LogP contribution in [-0.2, 0) is 19.5 Å². The van der Waals surface area contributed by atoms with E-state index in [1.165, 1.54) is 42.7 Å². The Morgan fingerprint density at radius 2 is 1.74 bits per heavy atom. The molecule has 0 saturated carbocycles. The fourth-order valence-electron chi connectivity index (χ4n) is 5.70. The first-order chi connectivity index (χ1) is 17.2. The predicted octanol–water partition coefficient (Wildman–Crippen LogP) is 6.17. The maximum absolute atomic E-state index is 14.6. The van der Waals surface area contributed by atoms with Gasteiger partial charge in [0, 0.05) is 36.8 Å². The molecule has 2 aromatic carbocycles. The van der Waals surface area contributed by atoms with Crippen molar-refractivity contribution < 1.29 is 9.13 Å². The van der Waals surface area contributed by atoms with Gasteiger partial charge in [0.25, 0.3) is 0 Å². The van der Waals surface area contributed by atoms with E-state index in [4.69, 9.17) is 4.74 Å². The zero-order valence-corrected chi connectivity index (χ0v) is 21.3. The van der Waals surface area contributed by atoms with Gasteiger partial charge in [0.2, 0.25) is 0 Å². The molecule has 1 aromatic heterocycles. The normalized spacial score (nSPS) is 19.9.